The Kier molecular flexibility index (Phi) is 4.54. The summed E-state index contributed by atoms with van der Waals surface area (Å²) in [5, 5.41) is 5.14. The smallest absolute Gasteiger partial charge is 0.275 e. The van der Waals surface area contributed by atoms with Crippen LogP contribution in [0.1, 0.15) is 15.5 Å². The zero-order valence-corrected chi connectivity index (χ0v) is 12.0. The Morgan fingerprint density at radius 3 is 2.80 bits per heavy atom. The lowest BCUT2D eigenvalue weighted by molar-refractivity contribution is 0.102. The average Bonchev–Trinajstić information content (AvgIpc) is 2.96. The van der Waals surface area contributed by atoms with Crippen LogP contribution in [0.25, 0.3) is 0 Å². The van der Waals surface area contributed by atoms with Crippen LogP contribution < -0.4 is 20.5 Å². The van der Waals surface area contributed by atoms with Crippen LogP contribution in [0.4, 0.5) is 5.69 Å². The summed E-state index contributed by atoms with van der Waals surface area (Å²) in [5.74, 6) is 0.864. The maximum atomic E-state index is 12.1. The maximum Gasteiger partial charge on any atom is 0.275 e. The van der Waals surface area contributed by atoms with Crippen molar-refractivity contribution in [3.8, 4) is 11.5 Å². The summed E-state index contributed by atoms with van der Waals surface area (Å²) in [6, 6.07) is 5.16. The molecule has 0 fully saturated rings. The highest BCUT2D eigenvalue weighted by molar-refractivity contribution is 7.09. The van der Waals surface area contributed by atoms with E-state index in [0.717, 1.165) is 0 Å². The molecule has 20 heavy (non-hydrogen) atoms. The lowest BCUT2D eigenvalue weighted by Gasteiger charge is -2.10. The summed E-state index contributed by atoms with van der Waals surface area (Å²) in [6.07, 6.45) is 0. The second-order valence-corrected chi connectivity index (χ2v) is 4.79. The number of hydrogen-bond donors (Lipinski definition) is 2. The van der Waals surface area contributed by atoms with Gasteiger partial charge in [-0.3, -0.25) is 4.79 Å². The molecule has 3 N–H and O–H groups in total. The number of methoxy groups -OCH3 is 2. The molecule has 1 heterocycles. The Morgan fingerprint density at radius 1 is 1.40 bits per heavy atom. The predicted octanol–water partition coefficient (Wildman–Crippen LogP) is 1.87. The van der Waals surface area contributed by atoms with Crippen molar-refractivity contribution in [3.05, 3.63) is 34.3 Å². The highest BCUT2D eigenvalue weighted by atomic mass is 32.1. The lowest BCUT2D eigenvalue weighted by Crippen LogP contribution is -2.13. The molecule has 0 saturated carbocycles. The van der Waals surface area contributed by atoms with E-state index in [4.69, 9.17) is 15.2 Å². The first kappa shape index (κ1) is 14.3. The van der Waals surface area contributed by atoms with Crippen molar-refractivity contribution in [2.24, 2.45) is 5.73 Å². The molecule has 0 aliphatic rings. The number of carbonyl (C=O) groups excluding carboxylic acids is 1. The molecule has 2 aromatic rings. The van der Waals surface area contributed by atoms with Crippen molar-refractivity contribution in [1.29, 1.82) is 0 Å². The Hall–Kier alpha value is -2.12. The standard InChI is InChI=1S/C13H15N3O3S/c1-18-8-3-4-11(19-2)9(5-8)16-13(17)10-7-20-12(6-14)15-10/h3-5,7H,6,14H2,1-2H3,(H,16,17). The van der Waals surface area contributed by atoms with E-state index in [-0.39, 0.29) is 5.91 Å². The number of thiazole rings is 1. The molecule has 0 spiro atoms. The molecule has 0 bridgehead atoms. The molecule has 1 aromatic carbocycles. The van der Waals surface area contributed by atoms with E-state index in [0.29, 0.717) is 34.4 Å². The topological polar surface area (TPSA) is 86.5 Å². The number of aromatic nitrogens is 1. The fourth-order valence-electron chi connectivity index (χ4n) is 1.61. The fourth-order valence-corrected chi connectivity index (χ4v) is 2.26. The quantitative estimate of drug-likeness (QED) is 0.879. The third-order valence-electron chi connectivity index (χ3n) is 2.61. The summed E-state index contributed by atoms with van der Waals surface area (Å²) < 4.78 is 10.3. The first-order chi connectivity index (χ1) is 9.67. The number of nitrogens with zero attached hydrogens (tertiary/aromatic N) is 1. The number of nitrogens with two attached hydrogens (primary N) is 1. The molecule has 1 amide bonds. The molecule has 7 heteroatoms. The monoisotopic (exact) mass is 293 g/mol. The van der Waals surface area contributed by atoms with Crippen molar-refractivity contribution in [2.75, 3.05) is 19.5 Å². The van der Waals surface area contributed by atoms with Gasteiger partial charge in [-0.05, 0) is 12.1 Å². The summed E-state index contributed by atoms with van der Waals surface area (Å²) >= 11 is 1.35. The first-order valence-electron chi connectivity index (χ1n) is 5.85. The molecule has 2 rings (SSSR count). The van der Waals surface area contributed by atoms with Gasteiger partial charge in [-0.1, -0.05) is 0 Å². The molecule has 0 saturated heterocycles. The number of amides is 1. The first-order valence-corrected chi connectivity index (χ1v) is 6.73. The van der Waals surface area contributed by atoms with Gasteiger partial charge in [0.1, 0.15) is 22.2 Å². The van der Waals surface area contributed by atoms with Crippen molar-refractivity contribution < 1.29 is 14.3 Å². The number of anilines is 1. The van der Waals surface area contributed by atoms with Gasteiger partial charge < -0.3 is 20.5 Å². The van der Waals surface area contributed by atoms with Gasteiger partial charge in [-0.2, -0.15) is 0 Å². The van der Waals surface area contributed by atoms with E-state index in [2.05, 4.69) is 10.3 Å². The van der Waals surface area contributed by atoms with Gasteiger partial charge in [0.15, 0.2) is 0 Å². The number of ether oxygens (including phenoxy) is 2. The molecule has 0 unspecified atom stereocenters. The molecule has 0 aliphatic carbocycles. The largest absolute Gasteiger partial charge is 0.497 e. The number of hydrogen-bond acceptors (Lipinski definition) is 6. The normalized spacial score (nSPS) is 10.2. The number of benzene rings is 1. The SMILES string of the molecule is COc1ccc(OC)c(NC(=O)c2csc(CN)n2)c1. The van der Waals surface area contributed by atoms with Gasteiger partial charge in [0.25, 0.3) is 5.91 Å². The van der Waals surface area contributed by atoms with Crippen molar-refractivity contribution in [1.82, 2.24) is 4.98 Å². The van der Waals surface area contributed by atoms with E-state index >= 15 is 0 Å². The molecular formula is C13H15N3O3S. The van der Waals surface area contributed by atoms with Gasteiger partial charge in [-0.15, -0.1) is 11.3 Å². The van der Waals surface area contributed by atoms with E-state index in [1.54, 1.807) is 30.7 Å². The van der Waals surface area contributed by atoms with Crippen LogP contribution in [0, 0.1) is 0 Å². The van der Waals surface area contributed by atoms with Gasteiger partial charge in [0.2, 0.25) is 0 Å². The molecule has 0 aliphatic heterocycles. The Bertz CT molecular complexity index is 613. The van der Waals surface area contributed by atoms with E-state index in [1.807, 2.05) is 0 Å². The van der Waals surface area contributed by atoms with Crippen LogP contribution in [0.2, 0.25) is 0 Å². The predicted molar refractivity (Wildman–Crippen MR) is 77.5 cm³/mol. The lowest BCUT2D eigenvalue weighted by atomic mass is 10.2. The maximum absolute atomic E-state index is 12.1. The van der Waals surface area contributed by atoms with Crippen molar-refractivity contribution in [2.45, 2.75) is 6.54 Å². The molecular weight excluding hydrogens is 278 g/mol. The third-order valence-corrected chi connectivity index (χ3v) is 3.48. The Balaban J connectivity index is 2.21. The van der Waals surface area contributed by atoms with Gasteiger partial charge in [0, 0.05) is 18.0 Å². The minimum atomic E-state index is -0.312. The minimum absolute atomic E-state index is 0.312. The van der Waals surface area contributed by atoms with Crippen LogP contribution in [0.3, 0.4) is 0 Å². The van der Waals surface area contributed by atoms with Crippen LogP contribution in [0.15, 0.2) is 23.6 Å². The number of carbonyl (C=O) groups is 1. The van der Waals surface area contributed by atoms with Crippen LogP contribution in [-0.2, 0) is 6.54 Å². The second-order valence-electron chi connectivity index (χ2n) is 3.85. The van der Waals surface area contributed by atoms with Crippen molar-refractivity contribution in [3.63, 3.8) is 0 Å². The zero-order valence-electron chi connectivity index (χ0n) is 11.2. The fraction of sp³-hybridized carbons (Fsp3) is 0.231. The molecule has 106 valence electrons. The van der Waals surface area contributed by atoms with Crippen LogP contribution in [-0.4, -0.2) is 25.1 Å². The summed E-state index contributed by atoms with van der Waals surface area (Å²) in [7, 11) is 3.09. The van der Waals surface area contributed by atoms with E-state index in [9.17, 15) is 4.79 Å². The van der Waals surface area contributed by atoms with Gasteiger partial charge in [0.05, 0.1) is 19.9 Å². The molecule has 6 nitrogen and oxygen atoms in total. The van der Waals surface area contributed by atoms with Gasteiger partial charge in [-0.25, -0.2) is 4.98 Å². The number of nitrogens with one attached hydrogen (secondary N) is 1. The van der Waals surface area contributed by atoms with E-state index in [1.165, 1.54) is 18.4 Å². The van der Waals surface area contributed by atoms with Crippen molar-refractivity contribution >= 4 is 22.9 Å². The molecule has 1 aromatic heterocycles. The Labute approximate surface area is 120 Å². The highest BCUT2D eigenvalue weighted by Gasteiger charge is 2.13. The minimum Gasteiger partial charge on any atom is -0.497 e. The number of rotatable bonds is 5. The molecule has 0 atom stereocenters. The summed E-state index contributed by atoms with van der Waals surface area (Å²) in [5.41, 5.74) is 6.34. The molecule has 0 radical (unpaired) electrons. The highest BCUT2D eigenvalue weighted by Crippen LogP contribution is 2.29. The van der Waals surface area contributed by atoms with Crippen LogP contribution in [0.5, 0.6) is 11.5 Å². The van der Waals surface area contributed by atoms with Gasteiger partial charge >= 0.3 is 0 Å². The average molecular weight is 293 g/mol. The van der Waals surface area contributed by atoms with Crippen LogP contribution >= 0.6 is 11.3 Å². The zero-order chi connectivity index (χ0) is 14.5. The summed E-state index contributed by atoms with van der Waals surface area (Å²) in [4.78, 5) is 16.2. The van der Waals surface area contributed by atoms with E-state index < -0.39 is 0 Å². The third kappa shape index (κ3) is 3.06. The second kappa shape index (κ2) is 6.36. The summed E-state index contributed by atoms with van der Waals surface area (Å²) in [6.45, 7) is 0.320. The Morgan fingerprint density at radius 2 is 2.20 bits per heavy atom.